The van der Waals surface area contributed by atoms with Gasteiger partial charge in [0.25, 0.3) is 5.91 Å². The van der Waals surface area contributed by atoms with Gasteiger partial charge in [0.15, 0.2) is 5.82 Å². The van der Waals surface area contributed by atoms with Gasteiger partial charge >= 0.3 is 0 Å². The summed E-state index contributed by atoms with van der Waals surface area (Å²) >= 11 is 0. The fourth-order valence-corrected chi connectivity index (χ4v) is 5.69. The van der Waals surface area contributed by atoms with Crippen molar-refractivity contribution >= 4 is 11.7 Å². The number of aryl methyl sites for hydroxylation is 2. The highest BCUT2D eigenvalue weighted by Crippen LogP contribution is 2.36. The Morgan fingerprint density at radius 3 is 2.68 bits per heavy atom. The van der Waals surface area contributed by atoms with E-state index in [2.05, 4.69) is 16.9 Å². The van der Waals surface area contributed by atoms with Gasteiger partial charge in [0.2, 0.25) is 0 Å². The Bertz CT molecular complexity index is 948. The van der Waals surface area contributed by atoms with Crippen LogP contribution in [0.25, 0.3) is 0 Å². The van der Waals surface area contributed by atoms with Crippen LogP contribution in [0.15, 0.2) is 12.4 Å². The lowest BCUT2D eigenvalue weighted by Crippen LogP contribution is -2.37. The number of amides is 1. The highest BCUT2D eigenvalue weighted by molar-refractivity contribution is 5.94. The first kappa shape index (κ1) is 20.5. The summed E-state index contributed by atoms with van der Waals surface area (Å²) in [6, 6.07) is -0.0461. The third-order valence-electron chi connectivity index (χ3n) is 7.33. The molecule has 1 aliphatic carbocycles. The monoisotopic (exact) mass is 422 g/mol. The molecule has 1 atom stereocenters. The molecule has 1 saturated carbocycles. The van der Waals surface area contributed by atoms with E-state index < -0.39 is 0 Å². The normalized spacial score (nSPS) is 22.1. The minimum atomic E-state index is -0.0461. The van der Waals surface area contributed by atoms with Gasteiger partial charge in [-0.3, -0.25) is 9.48 Å². The molecule has 5 rings (SSSR count). The first-order valence-corrected chi connectivity index (χ1v) is 12.0. The number of anilines is 1. The second kappa shape index (κ2) is 8.60. The average Bonchev–Trinajstić information content (AvgIpc) is 3.44. The van der Waals surface area contributed by atoms with Crippen LogP contribution in [0.1, 0.15) is 84.8 Å². The molecular weight excluding hydrogens is 388 g/mol. The van der Waals surface area contributed by atoms with Gasteiger partial charge in [-0.25, -0.2) is 9.97 Å². The quantitative estimate of drug-likeness (QED) is 0.749. The summed E-state index contributed by atoms with van der Waals surface area (Å²) in [5.74, 6) is 2.78. The highest BCUT2D eigenvalue weighted by atomic mass is 16.2. The minimum absolute atomic E-state index is 0.0358. The fourth-order valence-electron chi connectivity index (χ4n) is 5.69. The summed E-state index contributed by atoms with van der Waals surface area (Å²) in [6.07, 6.45) is 14.4. The summed E-state index contributed by atoms with van der Waals surface area (Å²) < 4.78 is 1.68. The molecule has 0 spiro atoms. The van der Waals surface area contributed by atoms with Gasteiger partial charge in [-0.05, 0) is 51.4 Å². The first-order chi connectivity index (χ1) is 15.1. The molecule has 3 aliphatic rings. The van der Waals surface area contributed by atoms with E-state index in [9.17, 15) is 4.79 Å². The lowest BCUT2D eigenvalue weighted by atomic mass is 9.88. The Kier molecular flexibility index (Phi) is 5.67. The number of carbonyl (C=O) groups excluding carboxylic acids is 1. The van der Waals surface area contributed by atoms with Crippen molar-refractivity contribution in [1.82, 2.24) is 24.6 Å². The molecule has 0 N–H and O–H groups in total. The maximum absolute atomic E-state index is 13.2. The molecule has 2 aliphatic heterocycles. The Balaban J connectivity index is 1.42. The molecule has 0 aromatic carbocycles. The third kappa shape index (κ3) is 4.06. The van der Waals surface area contributed by atoms with Crippen molar-refractivity contribution in [3.8, 4) is 0 Å². The molecule has 2 fully saturated rings. The largest absolute Gasteiger partial charge is 0.356 e. The van der Waals surface area contributed by atoms with E-state index in [1.54, 1.807) is 17.1 Å². The maximum Gasteiger partial charge on any atom is 0.257 e. The smallest absolute Gasteiger partial charge is 0.257 e. The van der Waals surface area contributed by atoms with Gasteiger partial charge < -0.3 is 9.80 Å². The van der Waals surface area contributed by atoms with Crippen molar-refractivity contribution in [2.75, 3.05) is 24.5 Å². The predicted molar refractivity (Wildman–Crippen MR) is 120 cm³/mol. The highest BCUT2D eigenvalue weighted by Gasteiger charge is 2.35. The number of likely N-dealkylation sites (tertiary alicyclic amines) is 1. The van der Waals surface area contributed by atoms with Crippen LogP contribution in [0.3, 0.4) is 0 Å². The van der Waals surface area contributed by atoms with Crippen molar-refractivity contribution in [2.24, 2.45) is 13.0 Å². The first-order valence-electron chi connectivity index (χ1n) is 12.0. The summed E-state index contributed by atoms with van der Waals surface area (Å²) in [4.78, 5) is 27.7. The third-order valence-corrected chi connectivity index (χ3v) is 7.33. The molecule has 1 saturated heterocycles. The van der Waals surface area contributed by atoms with Gasteiger partial charge in [0, 0.05) is 44.1 Å². The molecule has 1 unspecified atom stereocenters. The average molecular weight is 423 g/mol. The number of nitrogens with zero attached hydrogens (tertiary/aromatic N) is 6. The topological polar surface area (TPSA) is 67.2 Å². The summed E-state index contributed by atoms with van der Waals surface area (Å²) in [5.41, 5.74) is 3.05. The van der Waals surface area contributed by atoms with E-state index in [1.807, 2.05) is 11.9 Å². The zero-order valence-electron chi connectivity index (χ0n) is 18.9. The Morgan fingerprint density at radius 2 is 1.90 bits per heavy atom. The molecule has 7 heteroatoms. The molecule has 166 valence electrons. The molecule has 31 heavy (non-hydrogen) atoms. The van der Waals surface area contributed by atoms with Gasteiger partial charge in [0.1, 0.15) is 5.82 Å². The second-order valence-corrected chi connectivity index (χ2v) is 9.58. The molecule has 0 bridgehead atoms. The van der Waals surface area contributed by atoms with Crippen LogP contribution in [0, 0.1) is 12.8 Å². The molecule has 0 radical (unpaired) electrons. The number of aromatic nitrogens is 4. The fraction of sp³-hybridized carbons (Fsp3) is 0.667. The maximum atomic E-state index is 13.2. The van der Waals surface area contributed by atoms with Crippen LogP contribution in [0.5, 0.6) is 0 Å². The van der Waals surface area contributed by atoms with E-state index in [0.717, 1.165) is 62.2 Å². The van der Waals surface area contributed by atoms with Crippen molar-refractivity contribution in [1.29, 1.82) is 0 Å². The van der Waals surface area contributed by atoms with Crippen molar-refractivity contribution in [3.63, 3.8) is 0 Å². The zero-order chi connectivity index (χ0) is 21.4. The van der Waals surface area contributed by atoms with Crippen molar-refractivity contribution in [2.45, 2.75) is 70.8 Å². The molecule has 4 heterocycles. The van der Waals surface area contributed by atoms with Gasteiger partial charge in [0.05, 0.1) is 17.8 Å². The van der Waals surface area contributed by atoms with Gasteiger partial charge in [-0.15, -0.1) is 0 Å². The Morgan fingerprint density at radius 1 is 1.06 bits per heavy atom. The van der Waals surface area contributed by atoms with Crippen LogP contribution < -0.4 is 4.90 Å². The Labute approximate surface area is 184 Å². The van der Waals surface area contributed by atoms with Gasteiger partial charge in [-0.2, -0.15) is 5.10 Å². The SMILES string of the molecule is Cc1nc(C2CCCN2C(=O)c2cnn(C)c2)nc2c1CCCN2CC1CCCCC1. The van der Waals surface area contributed by atoms with E-state index >= 15 is 0 Å². The standard InChI is InChI=1S/C24H34N6O/c1-17-20-10-6-12-29(15-18-8-4-3-5-9-18)23(20)27-22(26-17)21-11-7-13-30(21)24(31)19-14-25-28(2)16-19/h14,16,18,21H,3-13,15H2,1-2H3. The molecular formula is C24H34N6O. The van der Waals surface area contributed by atoms with Crippen LogP contribution in [0.4, 0.5) is 5.82 Å². The van der Waals surface area contributed by atoms with Crippen LogP contribution >= 0.6 is 0 Å². The summed E-state index contributed by atoms with van der Waals surface area (Å²) in [5, 5.41) is 4.18. The summed E-state index contributed by atoms with van der Waals surface area (Å²) in [6.45, 7) is 5.08. The van der Waals surface area contributed by atoms with E-state index in [0.29, 0.717) is 5.56 Å². The number of fused-ring (bicyclic) bond motifs is 1. The van der Waals surface area contributed by atoms with E-state index in [4.69, 9.17) is 9.97 Å². The van der Waals surface area contributed by atoms with Crippen LogP contribution in [-0.2, 0) is 13.5 Å². The molecule has 7 nitrogen and oxygen atoms in total. The van der Waals surface area contributed by atoms with Crippen molar-refractivity contribution in [3.05, 3.63) is 35.0 Å². The predicted octanol–water partition coefficient (Wildman–Crippen LogP) is 3.83. The van der Waals surface area contributed by atoms with E-state index in [-0.39, 0.29) is 11.9 Å². The Hall–Kier alpha value is -2.44. The number of rotatable bonds is 4. The minimum Gasteiger partial charge on any atom is -0.356 e. The van der Waals surface area contributed by atoms with Crippen molar-refractivity contribution < 1.29 is 4.79 Å². The lowest BCUT2D eigenvalue weighted by Gasteiger charge is -2.35. The van der Waals surface area contributed by atoms with E-state index in [1.165, 1.54) is 44.1 Å². The molecule has 1 amide bonds. The van der Waals surface area contributed by atoms with Crippen LogP contribution in [0.2, 0.25) is 0 Å². The number of carbonyl (C=O) groups is 1. The lowest BCUT2D eigenvalue weighted by molar-refractivity contribution is 0.0729. The second-order valence-electron chi connectivity index (χ2n) is 9.58. The van der Waals surface area contributed by atoms with Crippen LogP contribution in [-0.4, -0.2) is 50.2 Å². The number of hydrogen-bond donors (Lipinski definition) is 0. The summed E-state index contributed by atoms with van der Waals surface area (Å²) in [7, 11) is 1.84. The molecule has 2 aromatic heterocycles. The van der Waals surface area contributed by atoms with Gasteiger partial charge in [-0.1, -0.05) is 19.3 Å². The number of hydrogen-bond acceptors (Lipinski definition) is 5. The molecule has 2 aromatic rings. The zero-order valence-corrected chi connectivity index (χ0v) is 18.9.